The van der Waals surface area contributed by atoms with E-state index >= 15 is 0 Å². The zero-order valence-electron chi connectivity index (χ0n) is 5.63. The summed E-state index contributed by atoms with van der Waals surface area (Å²) >= 11 is 8.98. The third kappa shape index (κ3) is 17.7. The molecule has 0 rings (SSSR count). The van der Waals surface area contributed by atoms with E-state index in [4.69, 9.17) is 5.11 Å². The summed E-state index contributed by atoms with van der Waals surface area (Å²) in [6.07, 6.45) is 0.222. The van der Waals surface area contributed by atoms with Gasteiger partial charge in [0, 0.05) is 6.42 Å². The van der Waals surface area contributed by atoms with Gasteiger partial charge in [-0.05, 0) is 23.2 Å². The molecule has 0 saturated heterocycles. The van der Waals surface area contributed by atoms with Crippen molar-refractivity contribution in [1.82, 2.24) is 0 Å². The van der Waals surface area contributed by atoms with Crippen LogP contribution in [-0.2, 0) is 14.4 Å². The van der Waals surface area contributed by atoms with Gasteiger partial charge in [0.25, 0.3) is 0 Å². The highest BCUT2D eigenvalue weighted by Crippen LogP contribution is 1.84. The zero-order valence-corrected chi connectivity index (χ0v) is 7.15. The van der Waals surface area contributed by atoms with Crippen LogP contribution in [0, 0.1) is 0 Å². The molecule has 0 fully saturated rings. The number of carbonyl (C=O) groups excluding carboxylic acids is 2. The summed E-state index contributed by atoms with van der Waals surface area (Å²) < 4.78 is 0. The molecule has 0 aliphatic rings. The first-order valence-electron chi connectivity index (χ1n) is 2.52. The summed E-state index contributed by atoms with van der Waals surface area (Å²) in [5.74, 6) is -0.745. The molecule has 0 heterocycles. The molecule has 0 atom stereocenters. The van der Waals surface area contributed by atoms with Gasteiger partial charge in [-0.2, -0.15) is 0 Å². The molecule has 1 N–H and O–H groups in total. The number of aliphatic carboxylic acids is 1. The molecule has 64 valence electrons. The van der Waals surface area contributed by atoms with Gasteiger partial charge in [0.1, 0.15) is 0 Å². The van der Waals surface area contributed by atoms with Crippen molar-refractivity contribution in [1.29, 1.82) is 0 Å². The van der Waals surface area contributed by atoms with Gasteiger partial charge in [0.15, 0.2) is 0 Å². The Kier molecular flexibility index (Phi) is 8.87. The predicted octanol–water partition coefficient (Wildman–Crippen LogP) is 0.998. The first kappa shape index (κ1) is 13.0. The predicted molar refractivity (Wildman–Crippen MR) is 39.6 cm³/mol. The van der Waals surface area contributed by atoms with Crippen LogP contribution in [-0.4, -0.2) is 21.6 Å². The molecule has 0 aromatic rings. The van der Waals surface area contributed by atoms with E-state index < -0.39 is 16.5 Å². The van der Waals surface area contributed by atoms with Crippen LogP contribution in [0.2, 0.25) is 0 Å². The molecule has 4 nitrogen and oxygen atoms in total. The molecule has 0 aromatic carbocycles. The second-order valence-corrected chi connectivity index (χ2v) is 1.98. The molecular formula is C5H6Cl2O4. The van der Waals surface area contributed by atoms with Crippen molar-refractivity contribution in [3.8, 4) is 0 Å². The van der Waals surface area contributed by atoms with E-state index in [-0.39, 0.29) is 6.42 Å². The number of hydrogen-bond acceptors (Lipinski definition) is 3. The standard InChI is InChI=1S/C3H6O2.C2Cl2O2/c1-2-3(4)5;3-1(5)2(4)6/h2H2,1H3,(H,4,5);. The van der Waals surface area contributed by atoms with E-state index in [0.29, 0.717) is 0 Å². The molecule has 0 saturated carbocycles. The lowest BCUT2D eigenvalue weighted by Crippen LogP contribution is -1.94. The van der Waals surface area contributed by atoms with Crippen molar-refractivity contribution in [2.75, 3.05) is 0 Å². The van der Waals surface area contributed by atoms with Crippen LogP contribution in [0.3, 0.4) is 0 Å². The molecule has 0 bridgehead atoms. The van der Waals surface area contributed by atoms with Crippen molar-refractivity contribution in [2.24, 2.45) is 0 Å². The molecule has 0 spiro atoms. The minimum atomic E-state index is -1.14. The Labute approximate surface area is 73.1 Å². The van der Waals surface area contributed by atoms with Crippen molar-refractivity contribution >= 4 is 39.7 Å². The van der Waals surface area contributed by atoms with Gasteiger partial charge < -0.3 is 5.11 Å². The minimum Gasteiger partial charge on any atom is -0.481 e. The zero-order chi connectivity index (χ0) is 9.44. The minimum absolute atomic E-state index is 0.222. The van der Waals surface area contributed by atoms with E-state index in [1.54, 1.807) is 6.92 Å². The molecule has 0 unspecified atom stereocenters. The Morgan fingerprint density at radius 3 is 1.36 bits per heavy atom. The van der Waals surface area contributed by atoms with E-state index in [2.05, 4.69) is 23.2 Å². The van der Waals surface area contributed by atoms with Crippen LogP contribution in [0.25, 0.3) is 0 Å². The van der Waals surface area contributed by atoms with E-state index in [0.717, 1.165) is 0 Å². The second kappa shape index (κ2) is 7.50. The lowest BCUT2D eigenvalue weighted by Gasteiger charge is -1.71. The van der Waals surface area contributed by atoms with Crippen molar-refractivity contribution in [3.05, 3.63) is 0 Å². The molecule has 6 heteroatoms. The van der Waals surface area contributed by atoms with Gasteiger partial charge in [0.05, 0.1) is 0 Å². The van der Waals surface area contributed by atoms with Crippen LogP contribution in [0.15, 0.2) is 0 Å². The lowest BCUT2D eigenvalue weighted by molar-refractivity contribution is -0.136. The fourth-order valence-electron chi connectivity index (χ4n) is 0. The molecule has 0 aliphatic carbocycles. The highest BCUT2D eigenvalue weighted by atomic mass is 35.5. The fourth-order valence-corrected chi connectivity index (χ4v) is 0. The number of hydrogen-bond donors (Lipinski definition) is 1. The third-order valence-electron chi connectivity index (χ3n) is 0.457. The van der Waals surface area contributed by atoms with Crippen molar-refractivity contribution < 1.29 is 19.5 Å². The van der Waals surface area contributed by atoms with Crippen LogP contribution < -0.4 is 0 Å². The second-order valence-electron chi connectivity index (χ2n) is 1.29. The summed E-state index contributed by atoms with van der Waals surface area (Å²) in [4.78, 5) is 28.2. The van der Waals surface area contributed by atoms with Crippen LogP contribution in [0.5, 0.6) is 0 Å². The maximum atomic E-state index is 9.43. The average Bonchev–Trinajstić information content (AvgIpc) is 1.89. The summed E-state index contributed by atoms with van der Waals surface area (Å²) in [7, 11) is 0. The largest absolute Gasteiger partial charge is 0.481 e. The van der Waals surface area contributed by atoms with E-state index in [1.807, 2.05) is 0 Å². The quantitative estimate of drug-likeness (QED) is 0.534. The number of carboxylic acid groups (broad SMARTS) is 1. The molecule has 0 amide bonds. The fraction of sp³-hybridized carbons (Fsp3) is 0.400. The maximum Gasteiger partial charge on any atom is 0.304 e. The van der Waals surface area contributed by atoms with Gasteiger partial charge >= 0.3 is 16.5 Å². The van der Waals surface area contributed by atoms with Crippen LogP contribution in [0.1, 0.15) is 13.3 Å². The van der Waals surface area contributed by atoms with Crippen LogP contribution >= 0.6 is 23.2 Å². The third-order valence-corrected chi connectivity index (χ3v) is 0.897. The SMILES string of the molecule is CCC(=O)O.O=C(Cl)C(=O)Cl. The molecule has 11 heavy (non-hydrogen) atoms. The first-order valence-corrected chi connectivity index (χ1v) is 3.28. The van der Waals surface area contributed by atoms with Gasteiger partial charge in [-0.3, -0.25) is 14.4 Å². The summed E-state index contributed by atoms with van der Waals surface area (Å²) in [6, 6.07) is 0. The maximum absolute atomic E-state index is 9.43. The molecule has 0 aliphatic heterocycles. The number of carboxylic acids is 1. The first-order chi connectivity index (χ1) is 4.91. The smallest absolute Gasteiger partial charge is 0.304 e. The number of rotatable bonds is 2. The van der Waals surface area contributed by atoms with Gasteiger partial charge in [0.2, 0.25) is 0 Å². The average molecular weight is 201 g/mol. The summed E-state index contributed by atoms with van der Waals surface area (Å²) in [6.45, 7) is 1.60. The summed E-state index contributed by atoms with van der Waals surface area (Å²) in [5.41, 5.74) is 0. The normalized spacial score (nSPS) is 7.55. The van der Waals surface area contributed by atoms with Gasteiger partial charge in [-0.15, -0.1) is 0 Å². The Morgan fingerprint density at radius 2 is 1.36 bits per heavy atom. The molecule has 0 radical (unpaired) electrons. The number of carbonyl (C=O) groups is 3. The summed E-state index contributed by atoms with van der Waals surface area (Å²) in [5, 5.41) is 5.44. The van der Waals surface area contributed by atoms with Crippen molar-refractivity contribution in [3.63, 3.8) is 0 Å². The highest BCUT2D eigenvalue weighted by molar-refractivity contribution is 6.97. The monoisotopic (exact) mass is 200 g/mol. The Morgan fingerprint density at radius 1 is 1.18 bits per heavy atom. The van der Waals surface area contributed by atoms with Gasteiger partial charge in [-0.1, -0.05) is 6.92 Å². The Bertz CT molecular complexity index is 154. The molecular weight excluding hydrogens is 195 g/mol. The van der Waals surface area contributed by atoms with E-state index in [1.165, 1.54) is 0 Å². The molecule has 0 aromatic heterocycles. The van der Waals surface area contributed by atoms with Crippen LogP contribution in [0.4, 0.5) is 0 Å². The van der Waals surface area contributed by atoms with Gasteiger partial charge in [-0.25, -0.2) is 0 Å². The topological polar surface area (TPSA) is 71.4 Å². The van der Waals surface area contributed by atoms with E-state index in [9.17, 15) is 14.4 Å². The lowest BCUT2D eigenvalue weighted by atomic mass is 10.5. The Balaban J connectivity index is 0. The van der Waals surface area contributed by atoms with Crippen molar-refractivity contribution in [2.45, 2.75) is 13.3 Å². The number of halogens is 2. The Hall–Kier alpha value is -0.610. The highest BCUT2D eigenvalue weighted by Gasteiger charge is 2.01.